The van der Waals surface area contributed by atoms with Gasteiger partial charge in [-0.05, 0) is 36.4 Å². The summed E-state index contributed by atoms with van der Waals surface area (Å²) in [6.45, 7) is 0. The van der Waals surface area contributed by atoms with Crippen LogP contribution in [-0.4, -0.2) is 23.6 Å². The Bertz CT molecular complexity index is 804. The zero-order valence-corrected chi connectivity index (χ0v) is 11.4. The maximum Gasteiger partial charge on any atom is 0.265 e. The Morgan fingerprint density at radius 3 is 2.40 bits per heavy atom. The van der Waals surface area contributed by atoms with Crippen molar-refractivity contribution in [2.45, 2.75) is 0 Å². The van der Waals surface area contributed by atoms with Gasteiger partial charge in [-0.25, -0.2) is 4.98 Å². The lowest BCUT2D eigenvalue weighted by molar-refractivity contribution is 0.962. The summed E-state index contributed by atoms with van der Waals surface area (Å²) in [6.07, 6.45) is 1.58. The quantitative estimate of drug-likeness (QED) is 0.714. The van der Waals surface area contributed by atoms with Crippen molar-refractivity contribution in [2.75, 3.05) is 19.0 Å². The fourth-order valence-electron chi connectivity index (χ4n) is 2.16. The smallest absolute Gasteiger partial charge is 0.265 e. The molecular weight excluding hydrogens is 250 g/mol. The normalized spacial score (nSPS) is 10.7. The molecular formula is C16H15N3O. The molecule has 0 unspecified atom stereocenters. The first kappa shape index (κ1) is 12.4. The van der Waals surface area contributed by atoms with E-state index in [0.29, 0.717) is 5.39 Å². The number of nitrogens with zero attached hydrogens (tertiary/aromatic N) is 3. The summed E-state index contributed by atoms with van der Waals surface area (Å²) in [7, 11) is 3.97. The van der Waals surface area contributed by atoms with Gasteiger partial charge in [0.15, 0.2) is 0 Å². The summed E-state index contributed by atoms with van der Waals surface area (Å²) in [5.41, 5.74) is 2.58. The third-order valence-electron chi connectivity index (χ3n) is 3.31. The zero-order valence-electron chi connectivity index (χ0n) is 11.4. The van der Waals surface area contributed by atoms with Gasteiger partial charge in [-0.3, -0.25) is 9.36 Å². The highest BCUT2D eigenvalue weighted by molar-refractivity contribution is 5.77. The number of benzene rings is 2. The van der Waals surface area contributed by atoms with E-state index in [0.717, 1.165) is 16.9 Å². The zero-order chi connectivity index (χ0) is 14.1. The van der Waals surface area contributed by atoms with Crippen LogP contribution in [0.3, 0.4) is 0 Å². The molecule has 4 heteroatoms. The van der Waals surface area contributed by atoms with Crippen molar-refractivity contribution in [1.29, 1.82) is 0 Å². The van der Waals surface area contributed by atoms with E-state index in [1.807, 2.05) is 61.5 Å². The highest BCUT2D eigenvalue weighted by Gasteiger charge is 2.05. The second-order valence-electron chi connectivity index (χ2n) is 4.85. The molecule has 0 saturated heterocycles. The molecule has 3 rings (SSSR count). The predicted molar refractivity (Wildman–Crippen MR) is 81.7 cm³/mol. The van der Waals surface area contributed by atoms with E-state index in [4.69, 9.17) is 0 Å². The topological polar surface area (TPSA) is 38.1 Å². The lowest BCUT2D eigenvalue weighted by Gasteiger charge is -2.13. The van der Waals surface area contributed by atoms with Crippen molar-refractivity contribution in [1.82, 2.24) is 9.55 Å². The minimum Gasteiger partial charge on any atom is -0.378 e. The van der Waals surface area contributed by atoms with Crippen molar-refractivity contribution in [3.63, 3.8) is 0 Å². The van der Waals surface area contributed by atoms with Gasteiger partial charge in [-0.1, -0.05) is 12.1 Å². The molecule has 0 N–H and O–H groups in total. The maximum atomic E-state index is 12.5. The Hall–Kier alpha value is -2.62. The van der Waals surface area contributed by atoms with E-state index in [1.165, 1.54) is 0 Å². The Kier molecular flexibility index (Phi) is 2.99. The summed E-state index contributed by atoms with van der Waals surface area (Å²) in [5.74, 6) is 0. The van der Waals surface area contributed by atoms with Gasteiger partial charge in [0.2, 0.25) is 0 Å². The molecule has 0 bridgehead atoms. The van der Waals surface area contributed by atoms with E-state index in [9.17, 15) is 4.79 Å². The molecule has 20 heavy (non-hydrogen) atoms. The Labute approximate surface area is 116 Å². The minimum absolute atomic E-state index is 0.0480. The Morgan fingerprint density at radius 2 is 1.70 bits per heavy atom. The molecule has 0 amide bonds. The third kappa shape index (κ3) is 2.05. The molecule has 3 aromatic rings. The molecule has 0 aliphatic heterocycles. The first-order valence-corrected chi connectivity index (χ1v) is 6.41. The summed E-state index contributed by atoms with van der Waals surface area (Å²) in [4.78, 5) is 18.8. The van der Waals surface area contributed by atoms with Crippen LogP contribution in [0.1, 0.15) is 0 Å². The molecule has 0 aliphatic carbocycles. The van der Waals surface area contributed by atoms with E-state index < -0.39 is 0 Å². The molecule has 0 fully saturated rings. The fraction of sp³-hybridized carbons (Fsp3) is 0.125. The van der Waals surface area contributed by atoms with Gasteiger partial charge in [0, 0.05) is 19.8 Å². The van der Waals surface area contributed by atoms with Crippen molar-refractivity contribution in [3.05, 3.63) is 65.2 Å². The number of fused-ring (bicyclic) bond motifs is 1. The van der Waals surface area contributed by atoms with Gasteiger partial charge in [0.25, 0.3) is 5.56 Å². The van der Waals surface area contributed by atoms with Crippen LogP contribution in [0.25, 0.3) is 16.6 Å². The van der Waals surface area contributed by atoms with E-state index in [1.54, 1.807) is 17.0 Å². The lowest BCUT2D eigenvalue weighted by Crippen LogP contribution is -2.18. The highest BCUT2D eigenvalue weighted by Crippen LogP contribution is 2.15. The molecule has 2 aromatic carbocycles. The standard InChI is InChI=1S/C16H15N3O/c1-18(2)12-7-9-13(10-8-12)19-11-17-15-6-4-3-5-14(15)16(19)20/h3-11H,1-2H3. The Balaban J connectivity index is 2.15. The highest BCUT2D eigenvalue weighted by atomic mass is 16.1. The van der Waals surface area contributed by atoms with Crippen LogP contribution in [0.4, 0.5) is 5.69 Å². The molecule has 1 heterocycles. The maximum absolute atomic E-state index is 12.5. The van der Waals surface area contributed by atoms with Crippen LogP contribution in [-0.2, 0) is 0 Å². The van der Waals surface area contributed by atoms with Crippen molar-refractivity contribution < 1.29 is 0 Å². The van der Waals surface area contributed by atoms with E-state index in [-0.39, 0.29) is 5.56 Å². The SMILES string of the molecule is CN(C)c1ccc(-n2cnc3ccccc3c2=O)cc1. The number of para-hydroxylation sites is 1. The monoisotopic (exact) mass is 265 g/mol. The molecule has 1 aromatic heterocycles. The number of rotatable bonds is 2. The first-order chi connectivity index (χ1) is 9.66. The van der Waals surface area contributed by atoms with Crippen LogP contribution in [0.5, 0.6) is 0 Å². The number of aromatic nitrogens is 2. The molecule has 0 atom stereocenters. The summed E-state index contributed by atoms with van der Waals surface area (Å²) in [6, 6.07) is 15.2. The van der Waals surface area contributed by atoms with Gasteiger partial charge >= 0.3 is 0 Å². The summed E-state index contributed by atoms with van der Waals surface area (Å²) in [5, 5.41) is 0.631. The van der Waals surface area contributed by atoms with Gasteiger partial charge in [-0.15, -0.1) is 0 Å². The van der Waals surface area contributed by atoms with Crippen molar-refractivity contribution in [3.8, 4) is 5.69 Å². The average Bonchev–Trinajstić information content (AvgIpc) is 2.48. The van der Waals surface area contributed by atoms with E-state index in [2.05, 4.69) is 4.98 Å². The van der Waals surface area contributed by atoms with Gasteiger partial charge in [0.1, 0.15) is 6.33 Å². The molecule has 100 valence electrons. The molecule has 0 saturated carbocycles. The van der Waals surface area contributed by atoms with Crippen molar-refractivity contribution in [2.24, 2.45) is 0 Å². The minimum atomic E-state index is -0.0480. The second kappa shape index (κ2) is 4.81. The predicted octanol–water partition coefficient (Wildman–Crippen LogP) is 2.45. The number of hydrogen-bond donors (Lipinski definition) is 0. The number of hydrogen-bond acceptors (Lipinski definition) is 3. The summed E-state index contributed by atoms with van der Waals surface area (Å²) < 4.78 is 1.57. The van der Waals surface area contributed by atoms with Crippen LogP contribution in [0.2, 0.25) is 0 Å². The van der Waals surface area contributed by atoms with Gasteiger partial charge < -0.3 is 4.90 Å². The van der Waals surface area contributed by atoms with Crippen LogP contribution >= 0.6 is 0 Å². The number of anilines is 1. The first-order valence-electron chi connectivity index (χ1n) is 6.41. The van der Waals surface area contributed by atoms with E-state index >= 15 is 0 Å². The third-order valence-corrected chi connectivity index (χ3v) is 3.31. The van der Waals surface area contributed by atoms with Gasteiger partial charge in [-0.2, -0.15) is 0 Å². The molecule has 4 nitrogen and oxygen atoms in total. The lowest BCUT2D eigenvalue weighted by atomic mass is 10.2. The largest absolute Gasteiger partial charge is 0.378 e. The van der Waals surface area contributed by atoms with Gasteiger partial charge in [0.05, 0.1) is 16.6 Å². The molecule has 0 radical (unpaired) electrons. The van der Waals surface area contributed by atoms with Crippen LogP contribution < -0.4 is 10.5 Å². The molecule has 0 spiro atoms. The molecule has 0 aliphatic rings. The summed E-state index contributed by atoms with van der Waals surface area (Å²) >= 11 is 0. The fourth-order valence-corrected chi connectivity index (χ4v) is 2.16. The van der Waals surface area contributed by atoms with Crippen LogP contribution in [0, 0.1) is 0 Å². The second-order valence-corrected chi connectivity index (χ2v) is 4.85. The van der Waals surface area contributed by atoms with Crippen LogP contribution in [0.15, 0.2) is 59.7 Å². The average molecular weight is 265 g/mol. The Morgan fingerprint density at radius 1 is 1.00 bits per heavy atom. The van der Waals surface area contributed by atoms with Crippen molar-refractivity contribution >= 4 is 16.6 Å².